The SMILES string of the molecule is C#Cc1ccc(C(=O)NC)c(C(=O)OC)c1. The second-order valence-corrected chi connectivity index (χ2v) is 2.98. The van der Waals surface area contributed by atoms with E-state index in [1.807, 2.05) is 0 Å². The third-order valence-corrected chi connectivity index (χ3v) is 2.06. The number of terminal acetylenes is 1. The number of hydrogen-bond acceptors (Lipinski definition) is 3. The van der Waals surface area contributed by atoms with Crippen LogP contribution in [0, 0.1) is 12.3 Å². The van der Waals surface area contributed by atoms with Crippen molar-refractivity contribution >= 4 is 11.9 Å². The van der Waals surface area contributed by atoms with Crippen LogP contribution in [0.1, 0.15) is 26.3 Å². The van der Waals surface area contributed by atoms with Crippen LogP contribution >= 0.6 is 0 Å². The fourth-order valence-electron chi connectivity index (χ4n) is 1.25. The lowest BCUT2D eigenvalue weighted by Crippen LogP contribution is -2.21. The molecule has 1 N–H and O–H groups in total. The summed E-state index contributed by atoms with van der Waals surface area (Å²) >= 11 is 0. The molecule has 0 radical (unpaired) electrons. The minimum Gasteiger partial charge on any atom is -0.465 e. The fraction of sp³-hybridized carbons (Fsp3) is 0.167. The minimum atomic E-state index is -0.587. The predicted molar refractivity (Wildman–Crippen MR) is 59.1 cm³/mol. The van der Waals surface area contributed by atoms with Crippen molar-refractivity contribution in [3.8, 4) is 12.3 Å². The summed E-state index contributed by atoms with van der Waals surface area (Å²) in [6.07, 6.45) is 5.22. The Hall–Kier alpha value is -2.28. The maximum absolute atomic E-state index is 11.5. The topological polar surface area (TPSA) is 55.4 Å². The van der Waals surface area contributed by atoms with Crippen molar-refractivity contribution in [1.29, 1.82) is 0 Å². The number of esters is 1. The third-order valence-electron chi connectivity index (χ3n) is 2.06. The highest BCUT2D eigenvalue weighted by atomic mass is 16.5. The van der Waals surface area contributed by atoms with Crippen molar-refractivity contribution in [2.24, 2.45) is 0 Å². The average molecular weight is 217 g/mol. The van der Waals surface area contributed by atoms with Crippen molar-refractivity contribution in [3.63, 3.8) is 0 Å². The van der Waals surface area contributed by atoms with Gasteiger partial charge in [0, 0.05) is 12.6 Å². The molecule has 0 saturated carbocycles. The van der Waals surface area contributed by atoms with E-state index in [9.17, 15) is 9.59 Å². The van der Waals surface area contributed by atoms with Crippen LogP contribution in [0.4, 0.5) is 0 Å². The molecule has 0 aliphatic heterocycles. The normalized spacial score (nSPS) is 9.06. The van der Waals surface area contributed by atoms with E-state index < -0.39 is 5.97 Å². The Kier molecular flexibility index (Phi) is 3.67. The summed E-state index contributed by atoms with van der Waals surface area (Å²) in [6.45, 7) is 0. The molecule has 82 valence electrons. The molecule has 0 fully saturated rings. The first kappa shape index (κ1) is 11.8. The molecule has 0 bridgehead atoms. The monoisotopic (exact) mass is 217 g/mol. The number of amides is 1. The highest BCUT2D eigenvalue weighted by Crippen LogP contribution is 2.13. The lowest BCUT2D eigenvalue weighted by Gasteiger charge is -2.07. The van der Waals surface area contributed by atoms with Crippen molar-refractivity contribution in [2.45, 2.75) is 0 Å². The number of carbonyl (C=O) groups excluding carboxylic acids is 2. The van der Waals surface area contributed by atoms with Gasteiger partial charge in [-0.3, -0.25) is 4.79 Å². The van der Waals surface area contributed by atoms with E-state index >= 15 is 0 Å². The van der Waals surface area contributed by atoms with Crippen molar-refractivity contribution in [3.05, 3.63) is 34.9 Å². The summed E-state index contributed by atoms with van der Waals surface area (Å²) in [5.74, 6) is 1.45. The van der Waals surface area contributed by atoms with E-state index in [0.717, 1.165) is 0 Å². The van der Waals surface area contributed by atoms with Crippen LogP contribution < -0.4 is 5.32 Å². The van der Waals surface area contributed by atoms with Gasteiger partial charge in [0.2, 0.25) is 0 Å². The first-order chi connectivity index (χ1) is 7.63. The van der Waals surface area contributed by atoms with Crippen LogP contribution in [0.25, 0.3) is 0 Å². The lowest BCUT2D eigenvalue weighted by atomic mass is 10.0. The molecule has 0 heterocycles. The zero-order valence-corrected chi connectivity index (χ0v) is 9.03. The lowest BCUT2D eigenvalue weighted by molar-refractivity contribution is 0.0596. The summed E-state index contributed by atoms with van der Waals surface area (Å²) in [7, 11) is 2.73. The summed E-state index contributed by atoms with van der Waals surface area (Å²) < 4.78 is 4.58. The smallest absolute Gasteiger partial charge is 0.338 e. The summed E-state index contributed by atoms with van der Waals surface area (Å²) in [4.78, 5) is 22.9. The van der Waals surface area contributed by atoms with E-state index in [4.69, 9.17) is 6.42 Å². The van der Waals surface area contributed by atoms with Crippen LogP contribution in [0.2, 0.25) is 0 Å². The van der Waals surface area contributed by atoms with E-state index in [1.54, 1.807) is 6.07 Å². The van der Waals surface area contributed by atoms with Crippen LogP contribution in [0.5, 0.6) is 0 Å². The quantitative estimate of drug-likeness (QED) is 0.589. The van der Waals surface area contributed by atoms with Gasteiger partial charge in [-0.1, -0.05) is 5.92 Å². The molecule has 0 unspecified atom stereocenters. The molecule has 4 nitrogen and oxygen atoms in total. The van der Waals surface area contributed by atoms with Gasteiger partial charge in [-0.25, -0.2) is 4.79 Å². The fourth-order valence-corrected chi connectivity index (χ4v) is 1.25. The zero-order chi connectivity index (χ0) is 12.1. The van der Waals surface area contributed by atoms with Gasteiger partial charge in [-0.15, -0.1) is 6.42 Å². The number of methoxy groups -OCH3 is 1. The Morgan fingerprint density at radius 2 is 2.06 bits per heavy atom. The van der Waals surface area contributed by atoms with Gasteiger partial charge in [0.15, 0.2) is 0 Å². The first-order valence-corrected chi connectivity index (χ1v) is 4.55. The van der Waals surface area contributed by atoms with Gasteiger partial charge in [0.1, 0.15) is 0 Å². The van der Waals surface area contributed by atoms with E-state index in [0.29, 0.717) is 5.56 Å². The zero-order valence-electron chi connectivity index (χ0n) is 9.03. The summed E-state index contributed by atoms with van der Waals surface area (Å²) in [5.41, 5.74) is 0.929. The van der Waals surface area contributed by atoms with Gasteiger partial charge < -0.3 is 10.1 Å². The standard InChI is InChI=1S/C12H11NO3/c1-4-8-5-6-9(11(14)13-2)10(7-8)12(15)16-3/h1,5-7H,2-3H3,(H,13,14). The highest BCUT2D eigenvalue weighted by Gasteiger charge is 2.16. The molecular formula is C12H11NO3. The van der Waals surface area contributed by atoms with E-state index in [1.165, 1.54) is 26.3 Å². The largest absolute Gasteiger partial charge is 0.465 e. The number of rotatable bonds is 2. The molecule has 0 atom stereocenters. The predicted octanol–water partition coefficient (Wildman–Crippen LogP) is 0.814. The number of carbonyl (C=O) groups is 2. The van der Waals surface area contributed by atoms with Crippen LogP contribution in [-0.2, 0) is 4.74 Å². The molecule has 1 aromatic carbocycles. The van der Waals surface area contributed by atoms with Crippen LogP contribution in [-0.4, -0.2) is 26.0 Å². The molecule has 1 aromatic rings. The van der Waals surface area contributed by atoms with Gasteiger partial charge in [0.25, 0.3) is 5.91 Å². The Bertz CT molecular complexity index is 472. The molecule has 0 aromatic heterocycles. The Morgan fingerprint density at radius 3 is 2.56 bits per heavy atom. The van der Waals surface area contributed by atoms with Gasteiger partial charge in [0.05, 0.1) is 18.2 Å². The second-order valence-electron chi connectivity index (χ2n) is 2.98. The molecule has 1 rings (SSSR count). The molecule has 4 heteroatoms. The minimum absolute atomic E-state index is 0.164. The maximum atomic E-state index is 11.5. The molecule has 0 aliphatic carbocycles. The molecule has 0 spiro atoms. The molecular weight excluding hydrogens is 206 g/mol. The molecule has 1 amide bonds. The number of ether oxygens (including phenoxy) is 1. The first-order valence-electron chi connectivity index (χ1n) is 4.55. The third kappa shape index (κ3) is 2.20. The van der Waals surface area contributed by atoms with E-state index in [2.05, 4.69) is 16.0 Å². The Labute approximate surface area is 93.6 Å². The number of hydrogen-bond donors (Lipinski definition) is 1. The summed E-state index contributed by atoms with van der Waals surface area (Å²) in [6, 6.07) is 4.55. The van der Waals surface area contributed by atoms with Crippen molar-refractivity contribution < 1.29 is 14.3 Å². The van der Waals surface area contributed by atoms with Gasteiger partial charge in [-0.2, -0.15) is 0 Å². The van der Waals surface area contributed by atoms with Gasteiger partial charge in [-0.05, 0) is 18.2 Å². The molecule has 0 saturated heterocycles. The van der Waals surface area contributed by atoms with Crippen molar-refractivity contribution in [2.75, 3.05) is 14.2 Å². The number of nitrogens with one attached hydrogen (secondary N) is 1. The maximum Gasteiger partial charge on any atom is 0.338 e. The highest BCUT2D eigenvalue weighted by molar-refractivity contribution is 6.05. The average Bonchev–Trinajstić information content (AvgIpc) is 2.36. The van der Waals surface area contributed by atoms with E-state index in [-0.39, 0.29) is 17.0 Å². The second kappa shape index (κ2) is 4.99. The summed E-state index contributed by atoms with van der Waals surface area (Å²) in [5, 5.41) is 2.44. The molecule has 0 aliphatic rings. The van der Waals surface area contributed by atoms with Gasteiger partial charge >= 0.3 is 5.97 Å². The van der Waals surface area contributed by atoms with Crippen LogP contribution in [0.15, 0.2) is 18.2 Å². The Morgan fingerprint density at radius 1 is 1.38 bits per heavy atom. The molecule has 16 heavy (non-hydrogen) atoms. The van der Waals surface area contributed by atoms with Crippen LogP contribution in [0.3, 0.4) is 0 Å². The van der Waals surface area contributed by atoms with Crippen molar-refractivity contribution in [1.82, 2.24) is 5.32 Å². The number of benzene rings is 1. The Balaban J connectivity index is 3.34.